The molecule has 19 heavy (non-hydrogen) atoms. The number of rotatable bonds is 2. The van der Waals surface area contributed by atoms with E-state index in [1.54, 1.807) is 16.9 Å². The van der Waals surface area contributed by atoms with Crippen LogP contribution in [0.3, 0.4) is 0 Å². The van der Waals surface area contributed by atoms with E-state index >= 15 is 0 Å². The van der Waals surface area contributed by atoms with Crippen molar-refractivity contribution in [1.29, 1.82) is 0 Å². The molecule has 0 saturated carbocycles. The third-order valence-corrected chi connectivity index (χ3v) is 2.87. The summed E-state index contributed by atoms with van der Waals surface area (Å²) < 4.78 is 1.67. The molecule has 5 nitrogen and oxygen atoms in total. The number of hydrogen-bond donors (Lipinski definition) is 1. The maximum absolute atomic E-state index is 11.1. The van der Waals surface area contributed by atoms with Crippen LogP contribution in [0, 0.1) is 6.92 Å². The molecule has 0 unspecified atom stereocenters. The minimum Gasteiger partial charge on any atom is -0.477 e. The van der Waals surface area contributed by atoms with Crippen LogP contribution in [0.5, 0.6) is 0 Å². The van der Waals surface area contributed by atoms with Gasteiger partial charge in [0.25, 0.3) is 0 Å². The Balaban J connectivity index is 2.35. The number of aromatic nitrogens is 3. The average molecular weight is 253 g/mol. The number of carboxylic acid groups (broad SMARTS) is 1. The predicted molar refractivity (Wildman–Crippen MR) is 70.6 cm³/mol. The second-order valence-corrected chi connectivity index (χ2v) is 4.31. The maximum Gasteiger partial charge on any atom is 0.354 e. The molecule has 0 bridgehead atoms. The molecule has 0 aliphatic rings. The Hall–Kier alpha value is -2.69. The van der Waals surface area contributed by atoms with Gasteiger partial charge >= 0.3 is 5.97 Å². The Labute approximate surface area is 109 Å². The van der Waals surface area contributed by atoms with E-state index in [1.807, 2.05) is 31.3 Å². The van der Waals surface area contributed by atoms with Gasteiger partial charge in [0.15, 0.2) is 5.69 Å². The quantitative estimate of drug-likeness (QED) is 0.761. The number of fused-ring (bicyclic) bond motifs is 1. The van der Waals surface area contributed by atoms with Gasteiger partial charge in [0.1, 0.15) is 0 Å². The van der Waals surface area contributed by atoms with Gasteiger partial charge in [0.2, 0.25) is 0 Å². The van der Waals surface area contributed by atoms with E-state index < -0.39 is 5.97 Å². The van der Waals surface area contributed by atoms with Gasteiger partial charge in [0.05, 0.1) is 17.4 Å². The summed E-state index contributed by atoms with van der Waals surface area (Å²) in [5.74, 6) is -1.05. The van der Waals surface area contributed by atoms with Crippen molar-refractivity contribution in [3.05, 3.63) is 54.0 Å². The van der Waals surface area contributed by atoms with Crippen molar-refractivity contribution < 1.29 is 9.90 Å². The Morgan fingerprint density at radius 2 is 2.11 bits per heavy atom. The molecule has 0 radical (unpaired) electrons. The fraction of sp³-hybridized carbons (Fsp3) is 0.0714. The zero-order valence-electron chi connectivity index (χ0n) is 10.2. The van der Waals surface area contributed by atoms with Crippen molar-refractivity contribution in [3.8, 4) is 5.69 Å². The van der Waals surface area contributed by atoms with Crippen molar-refractivity contribution in [1.82, 2.24) is 14.8 Å². The molecule has 1 aromatic carbocycles. The number of aromatic carboxylic acids is 1. The van der Waals surface area contributed by atoms with Crippen LogP contribution in [0.2, 0.25) is 0 Å². The summed E-state index contributed by atoms with van der Waals surface area (Å²) in [7, 11) is 0. The number of benzene rings is 1. The largest absolute Gasteiger partial charge is 0.477 e. The smallest absolute Gasteiger partial charge is 0.354 e. The molecule has 0 saturated heterocycles. The van der Waals surface area contributed by atoms with Crippen molar-refractivity contribution in [2.75, 3.05) is 0 Å². The van der Waals surface area contributed by atoms with E-state index in [4.69, 9.17) is 5.11 Å². The van der Waals surface area contributed by atoms with Gasteiger partial charge in [0, 0.05) is 11.6 Å². The molecule has 94 valence electrons. The van der Waals surface area contributed by atoms with Crippen LogP contribution in [0.25, 0.3) is 16.6 Å². The van der Waals surface area contributed by atoms with Crippen molar-refractivity contribution >= 4 is 16.9 Å². The van der Waals surface area contributed by atoms with Gasteiger partial charge in [-0.1, -0.05) is 18.2 Å². The average Bonchev–Trinajstić information content (AvgIpc) is 2.84. The second-order valence-electron chi connectivity index (χ2n) is 4.31. The van der Waals surface area contributed by atoms with E-state index in [-0.39, 0.29) is 5.69 Å². The summed E-state index contributed by atoms with van der Waals surface area (Å²) in [6.45, 7) is 1.94. The molecule has 0 fully saturated rings. The van der Waals surface area contributed by atoms with E-state index in [0.717, 1.165) is 16.6 Å². The number of pyridine rings is 1. The molecular weight excluding hydrogens is 242 g/mol. The number of nitrogens with zero attached hydrogens (tertiary/aromatic N) is 3. The molecule has 3 aromatic rings. The highest BCUT2D eigenvalue weighted by atomic mass is 16.4. The van der Waals surface area contributed by atoms with Gasteiger partial charge in [-0.05, 0) is 24.6 Å². The first kappa shape index (κ1) is 11.4. The number of hydrogen-bond acceptors (Lipinski definition) is 3. The first-order valence-electron chi connectivity index (χ1n) is 5.80. The molecule has 5 heteroatoms. The normalized spacial score (nSPS) is 10.8. The summed E-state index contributed by atoms with van der Waals surface area (Å²) in [6.07, 6.45) is 3.59. The molecule has 3 rings (SSSR count). The molecule has 0 spiro atoms. The summed E-state index contributed by atoms with van der Waals surface area (Å²) in [5.41, 5.74) is 2.39. The topological polar surface area (TPSA) is 68.0 Å². The van der Waals surface area contributed by atoms with Crippen LogP contribution in [0.1, 0.15) is 16.1 Å². The summed E-state index contributed by atoms with van der Waals surface area (Å²) in [5, 5.41) is 14.2. The van der Waals surface area contributed by atoms with Crippen LogP contribution in [0.15, 0.2) is 42.7 Å². The lowest BCUT2D eigenvalue weighted by molar-refractivity contribution is 0.0691. The molecule has 0 atom stereocenters. The summed E-state index contributed by atoms with van der Waals surface area (Å²) >= 11 is 0. The summed E-state index contributed by atoms with van der Waals surface area (Å²) in [6, 6.07) is 8.96. The molecule has 1 N–H and O–H groups in total. The lowest BCUT2D eigenvalue weighted by Crippen LogP contribution is -2.04. The maximum atomic E-state index is 11.1. The van der Waals surface area contributed by atoms with Gasteiger partial charge in [-0.2, -0.15) is 5.10 Å². The zero-order valence-corrected chi connectivity index (χ0v) is 10.2. The molecular formula is C14H11N3O2. The third-order valence-electron chi connectivity index (χ3n) is 2.87. The fourth-order valence-corrected chi connectivity index (χ4v) is 2.00. The zero-order chi connectivity index (χ0) is 13.4. The third kappa shape index (κ3) is 1.95. The molecule has 0 aliphatic carbocycles. The van der Waals surface area contributed by atoms with Crippen LogP contribution in [0.4, 0.5) is 0 Å². The summed E-state index contributed by atoms with van der Waals surface area (Å²) in [4.78, 5) is 15.3. The van der Waals surface area contributed by atoms with Crippen LogP contribution in [-0.4, -0.2) is 25.8 Å². The molecule has 0 amide bonds. The van der Waals surface area contributed by atoms with E-state index in [9.17, 15) is 4.79 Å². The van der Waals surface area contributed by atoms with Gasteiger partial charge in [-0.3, -0.25) is 0 Å². The van der Waals surface area contributed by atoms with Crippen molar-refractivity contribution in [2.45, 2.75) is 6.92 Å². The van der Waals surface area contributed by atoms with Crippen LogP contribution >= 0.6 is 0 Å². The SMILES string of the molecule is Cc1cnn(-c2cc(C(=O)O)nc3ccccc23)c1. The van der Waals surface area contributed by atoms with E-state index in [1.165, 1.54) is 6.07 Å². The predicted octanol–water partition coefficient (Wildman–Crippen LogP) is 2.43. The Morgan fingerprint density at radius 1 is 1.32 bits per heavy atom. The van der Waals surface area contributed by atoms with Crippen molar-refractivity contribution in [2.24, 2.45) is 0 Å². The fourth-order valence-electron chi connectivity index (χ4n) is 2.00. The Kier molecular flexibility index (Phi) is 2.52. The molecule has 2 aromatic heterocycles. The Morgan fingerprint density at radius 3 is 2.79 bits per heavy atom. The number of para-hydroxylation sites is 1. The number of aryl methyl sites for hydroxylation is 1. The second kappa shape index (κ2) is 4.20. The molecule has 2 heterocycles. The number of carbonyl (C=O) groups is 1. The van der Waals surface area contributed by atoms with Gasteiger partial charge < -0.3 is 5.11 Å². The van der Waals surface area contributed by atoms with E-state index in [2.05, 4.69) is 10.1 Å². The Bertz CT molecular complexity index is 777. The lowest BCUT2D eigenvalue weighted by atomic mass is 10.1. The molecule has 0 aliphatic heterocycles. The van der Waals surface area contributed by atoms with Crippen molar-refractivity contribution in [3.63, 3.8) is 0 Å². The lowest BCUT2D eigenvalue weighted by Gasteiger charge is -2.07. The first-order chi connectivity index (χ1) is 9.15. The first-order valence-corrected chi connectivity index (χ1v) is 5.80. The van der Waals surface area contributed by atoms with Gasteiger partial charge in [-0.15, -0.1) is 0 Å². The minimum absolute atomic E-state index is 0.0156. The van der Waals surface area contributed by atoms with Gasteiger partial charge in [-0.25, -0.2) is 14.5 Å². The monoisotopic (exact) mass is 253 g/mol. The number of carboxylic acids is 1. The highest BCUT2D eigenvalue weighted by Crippen LogP contribution is 2.22. The highest BCUT2D eigenvalue weighted by molar-refractivity contribution is 5.94. The van der Waals surface area contributed by atoms with E-state index in [0.29, 0.717) is 5.52 Å². The van der Waals surface area contributed by atoms with Crippen LogP contribution < -0.4 is 0 Å². The standard InChI is InChI=1S/C14H11N3O2/c1-9-7-15-17(8-9)13-6-12(14(18)19)16-11-5-3-2-4-10(11)13/h2-8H,1H3,(H,18,19). The van der Waals surface area contributed by atoms with Crippen LogP contribution in [-0.2, 0) is 0 Å². The minimum atomic E-state index is -1.05. The highest BCUT2D eigenvalue weighted by Gasteiger charge is 2.12.